The molecule has 1 aromatic heterocycles. The van der Waals surface area contributed by atoms with Crippen LogP contribution in [0.4, 0.5) is 0 Å². The minimum atomic E-state index is 0.00395. The van der Waals surface area contributed by atoms with E-state index in [0.717, 1.165) is 50.8 Å². The van der Waals surface area contributed by atoms with E-state index < -0.39 is 0 Å². The van der Waals surface area contributed by atoms with Crippen molar-refractivity contribution in [1.82, 2.24) is 20.2 Å². The number of hydrogen-bond acceptors (Lipinski definition) is 3. The van der Waals surface area contributed by atoms with Crippen molar-refractivity contribution in [2.24, 2.45) is 0 Å². The smallest absolute Gasteiger partial charge is 0.224 e. The fourth-order valence-electron chi connectivity index (χ4n) is 3.77. The summed E-state index contributed by atoms with van der Waals surface area (Å²) in [5, 5.41) is 6.56. The van der Waals surface area contributed by atoms with E-state index in [9.17, 15) is 4.79 Å². The largest absolute Gasteiger partial charge is 0.359 e. The molecular formula is C22H34N4O. The van der Waals surface area contributed by atoms with E-state index >= 15 is 0 Å². The molecule has 0 aliphatic carbocycles. The number of aromatic nitrogens is 2. The highest BCUT2D eigenvalue weighted by molar-refractivity contribution is 5.78. The summed E-state index contributed by atoms with van der Waals surface area (Å²) in [5.74, 6) is 0.0498. The van der Waals surface area contributed by atoms with Crippen LogP contribution in [0.3, 0.4) is 0 Å². The van der Waals surface area contributed by atoms with Crippen LogP contribution in [0, 0.1) is 0 Å². The molecule has 2 rings (SSSR count). The SMILES string of the molecule is CCCC(CCC)(NCCCn1ccnc1)c1ccc(CC(=O)NC)cc1. The Bertz CT molecular complexity index is 658. The molecule has 5 heteroatoms. The molecule has 0 radical (unpaired) electrons. The van der Waals surface area contributed by atoms with E-state index in [2.05, 4.69) is 58.3 Å². The summed E-state index contributed by atoms with van der Waals surface area (Å²) in [6.45, 7) is 6.44. The maximum absolute atomic E-state index is 11.6. The van der Waals surface area contributed by atoms with Gasteiger partial charge in [0.1, 0.15) is 0 Å². The maximum Gasteiger partial charge on any atom is 0.224 e. The van der Waals surface area contributed by atoms with Crippen LogP contribution in [-0.4, -0.2) is 29.1 Å². The molecule has 1 aromatic carbocycles. The predicted octanol–water partition coefficient (Wildman–Crippen LogP) is 3.65. The van der Waals surface area contributed by atoms with E-state index in [4.69, 9.17) is 0 Å². The molecule has 5 nitrogen and oxygen atoms in total. The van der Waals surface area contributed by atoms with Crippen LogP contribution in [0.1, 0.15) is 57.1 Å². The molecule has 0 bridgehead atoms. The van der Waals surface area contributed by atoms with Crippen molar-refractivity contribution in [3.05, 3.63) is 54.1 Å². The zero-order valence-electron chi connectivity index (χ0n) is 17.0. The van der Waals surface area contributed by atoms with Gasteiger partial charge in [-0.2, -0.15) is 0 Å². The van der Waals surface area contributed by atoms with Gasteiger partial charge in [0, 0.05) is 31.5 Å². The highest BCUT2D eigenvalue weighted by Crippen LogP contribution is 2.32. The molecule has 148 valence electrons. The van der Waals surface area contributed by atoms with Crippen LogP contribution >= 0.6 is 0 Å². The fourth-order valence-corrected chi connectivity index (χ4v) is 3.77. The first kappa shape index (κ1) is 21.2. The quantitative estimate of drug-likeness (QED) is 0.561. The molecule has 27 heavy (non-hydrogen) atoms. The lowest BCUT2D eigenvalue weighted by molar-refractivity contribution is -0.119. The Hall–Kier alpha value is -2.14. The van der Waals surface area contributed by atoms with Crippen LogP contribution in [0.2, 0.25) is 0 Å². The van der Waals surface area contributed by atoms with E-state index in [1.54, 1.807) is 7.05 Å². The number of imidazole rings is 1. The Morgan fingerprint density at radius 1 is 1.15 bits per heavy atom. The second-order valence-electron chi connectivity index (χ2n) is 7.21. The van der Waals surface area contributed by atoms with E-state index in [1.807, 2.05) is 18.7 Å². The van der Waals surface area contributed by atoms with Crippen LogP contribution < -0.4 is 10.6 Å². The average Bonchev–Trinajstić information content (AvgIpc) is 3.19. The van der Waals surface area contributed by atoms with Gasteiger partial charge in [-0.05, 0) is 36.9 Å². The third-order valence-corrected chi connectivity index (χ3v) is 5.12. The molecule has 1 amide bonds. The summed E-state index contributed by atoms with van der Waals surface area (Å²) in [5.41, 5.74) is 2.39. The standard InChI is InChI=1S/C22H34N4O/c1-4-11-22(12-5-2,25-13-6-15-26-16-14-24-18-26)20-9-7-19(8-10-20)17-21(27)23-3/h7-10,14,16,18,25H,4-6,11-13,15,17H2,1-3H3,(H,23,27). The average molecular weight is 371 g/mol. The molecule has 0 saturated carbocycles. The van der Waals surface area contributed by atoms with Gasteiger partial charge < -0.3 is 15.2 Å². The highest BCUT2D eigenvalue weighted by Gasteiger charge is 2.29. The van der Waals surface area contributed by atoms with Gasteiger partial charge in [-0.3, -0.25) is 4.79 Å². The number of hydrogen-bond donors (Lipinski definition) is 2. The Balaban J connectivity index is 2.07. The van der Waals surface area contributed by atoms with Crippen molar-refractivity contribution in [2.45, 2.75) is 64.5 Å². The van der Waals surface area contributed by atoms with Gasteiger partial charge in [0.05, 0.1) is 12.7 Å². The summed E-state index contributed by atoms with van der Waals surface area (Å²) >= 11 is 0. The summed E-state index contributed by atoms with van der Waals surface area (Å²) in [6.07, 6.45) is 11.7. The van der Waals surface area contributed by atoms with E-state index in [1.165, 1.54) is 5.56 Å². The first-order valence-electron chi connectivity index (χ1n) is 10.1. The summed E-state index contributed by atoms with van der Waals surface area (Å²) in [4.78, 5) is 15.7. The zero-order valence-corrected chi connectivity index (χ0v) is 17.0. The first-order chi connectivity index (χ1) is 13.1. The van der Waals surface area contributed by atoms with Crippen molar-refractivity contribution in [3.8, 4) is 0 Å². The van der Waals surface area contributed by atoms with Gasteiger partial charge in [-0.1, -0.05) is 51.0 Å². The number of rotatable bonds is 12. The summed E-state index contributed by atoms with van der Waals surface area (Å²) in [7, 11) is 1.68. The Labute approximate surface area is 163 Å². The minimum Gasteiger partial charge on any atom is -0.359 e. The zero-order chi connectivity index (χ0) is 19.5. The van der Waals surface area contributed by atoms with Gasteiger partial charge in [0.15, 0.2) is 0 Å². The second-order valence-corrected chi connectivity index (χ2v) is 7.21. The second kappa shape index (κ2) is 10.9. The fraction of sp³-hybridized carbons (Fsp3) is 0.545. The van der Waals surface area contributed by atoms with Crippen LogP contribution in [0.15, 0.2) is 43.0 Å². The van der Waals surface area contributed by atoms with Crippen LogP contribution in [-0.2, 0) is 23.3 Å². The van der Waals surface area contributed by atoms with Crippen molar-refractivity contribution < 1.29 is 4.79 Å². The Morgan fingerprint density at radius 3 is 2.41 bits per heavy atom. The van der Waals surface area contributed by atoms with Crippen molar-refractivity contribution >= 4 is 5.91 Å². The van der Waals surface area contributed by atoms with E-state index in [0.29, 0.717) is 6.42 Å². The van der Waals surface area contributed by atoms with Gasteiger partial charge in [-0.15, -0.1) is 0 Å². The number of likely N-dealkylation sites (N-methyl/N-ethyl adjacent to an activating group) is 1. The normalized spacial score (nSPS) is 11.5. The van der Waals surface area contributed by atoms with Gasteiger partial charge in [-0.25, -0.2) is 4.98 Å². The van der Waals surface area contributed by atoms with Crippen molar-refractivity contribution in [1.29, 1.82) is 0 Å². The van der Waals surface area contributed by atoms with Gasteiger partial charge in [0.2, 0.25) is 5.91 Å². The molecule has 0 aliphatic heterocycles. The topological polar surface area (TPSA) is 59.0 Å². The molecular weight excluding hydrogens is 336 g/mol. The number of aryl methyl sites for hydroxylation is 1. The third kappa shape index (κ3) is 6.21. The Kier molecular flexibility index (Phi) is 8.52. The van der Waals surface area contributed by atoms with Gasteiger partial charge >= 0.3 is 0 Å². The van der Waals surface area contributed by atoms with Gasteiger partial charge in [0.25, 0.3) is 0 Å². The lowest BCUT2D eigenvalue weighted by atomic mass is 9.81. The summed E-state index contributed by atoms with van der Waals surface area (Å²) < 4.78 is 2.12. The number of carbonyl (C=O) groups is 1. The lowest BCUT2D eigenvalue weighted by Gasteiger charge is -2.36. The molecule has 0 aliphatic rings. The Morgan fingerprint density at radius 2 is 1.85 bits per heavy atom. The monoisotopic (exact) mass is 370 g/mol. The van der Waals surface area contributed by atoms with Crippen molar-refractivity contribution in [2.75, 3.05) is 13.6 Å². The molecule has 1 heterocycles. The molecule has 0 spiro atoms. The minimum absolute atomic E-state index is 0.00395. The number of nitrogens with zero attached hydrogens (tertiary/aromatic N) is 2. The molecule has 0 saturated heterocycles. The number of benzene rings is 1. The molecule has 0 unspecified atom stereocenters. The molecule has 0 atom stereocenters. The van der Waals surface area contributed by atoms with Crippen LogP contribution in [0.5, 0.6) is 0 Å². The summed E-state index contributed by atoms with van der Waals surface area (Å²) in [6, 6.07) is 8.59. The maximum atomic E-state index is 11.6. The lowest BCUT2D eigenvalue weighted by Crippen LogP contribution is -2.43. The first-order valence-corrected chi connectivity index (χ1v) is 10.1. The van der Waals surface area contributed by atoms with Crippen LogP contribution in [0.25, 0.3) is 0 Å². The number of amides is 1. The molecule has 0 fully saturated rings. The van der Waals surface area contributed by atoms with E-state index in [-0.39, 0.29) is 11.4 Å². The van der Waals surface area contributed by atoms with Crippen molar-refractivity contribution in [3.63, 3.8) is 0 Å². The number of nitrogens with one attached hydrogen (secondary N) is 2. The predicted molar refractivity (Wildman–Crippen MR) is 111 cm³/mol. The molecule has 2 aromatic rings. The number of carbonyl (C=O) groups excluding carboxylic acids is 1. The third-order valence-electron chi connectivity index (χ3n) is 5.12. The molecule has 2 N–H and O–H groups in total. The highest BCUT2D eigenvalue weighted by atomic mass is 16.1.